The Bertz CT molecular complexity index is 884. The molecule has 2 aromatic carbocycles. The van der Waals surface area contributed by atoms with Crippen molar-refractivity contribution in [2.75, 3.05) is 6.61 Å². The smallest absolute Gasteiger partial charge is 0.243 e. The van der Waals surface area contributed by atoms with Gasteiger partial charge in [0.05, 0.1) is 6.61 Å². The summed E-state index contributed by atoms with van der Waals surface area (Å²) in [5.74, 6) is 0.665. The molecule has 0 saturated heterocycles. The van der Waals surface area contributed by atoms with Crippen molar-refractivity contribution in [3.63, 3.8) is 0 Å². The van der Waals surface area contributed by atoms with Crippen molar-refractivity contribution in [3.05, 3.63) is 65.2 Å². The van der Waals surface area contributed by atoms with E-state index in [0.29, 0.717) is 37.4 Å². The molecule has 1 aliphatic rings. The molecule has 0 heterocycles. The van der Waals surface area contributed by atoms with E-state index in [1.807, 2.05) is 61.5 Å². The molecule has 0 spiro atoms. The lowest BCUT2D eigenvalue weighted by molar-refractivity contribution is -0.142. The summed E-state index contributed by atoms with van der Waals surface area (Å²) in [6.45, 7) is 2.71. The van der Waals surface area contributed by atoms with Crippen molar-refractivity contribution in [2.24, 2.45) is 0 Å². The van der Waals surface area contributed by atoms with Gasteiger partial charge in [-0.05, 0) is 49.4 Å². The molecule has 1 fully saturated rings. The third-order valence-corrected chi connectivity index (χ3v) is 6.55. The largest absolute Gasteiger partial charge is 0.494 e. The van der Waals surface area contributed by atoms with Gasteiger partial charge in [0.1, 0.15) is 11.8 Å². The van der Waals surface area contributed by atoms with Crippen LogP contribution in [0.4, 0.5) is 0 Å². The van der Waals surface area contributed by atoms with Crippen molar-refractivity contribution >= 4 is 23.4 Å². The Morgan fingerprint density at radius 1 is 1.06 bits per heavy atom. The zero-order chi connectivity index (χ0) is 23.5. The van der Waals surface area contributed by atoms with Gasteiger partial charge >= 0.3 is 0 Å². The molecule has 1 aliphatic carbocycles. The standard InChI is InChI=1S/C27H35ClN2O3/c1-2-25(27(32)29-22-13-5-3-6-14-22)30(20-21-12-9-10-17-24(21)28)26(31)18-11-19-33-23-15-7-4-8-16-23/h4,7-10,12,15-17,22,25H,2-3,5-6,11,13-14,18-20H2,1H3,(H,29,32). The first-order chi connectivity index (χ1) is 16.1. The zero-order valence-corrected chi connectivity index (χ0v) is 20.2. The van der Waals surface area contributed by atoms with E-state index < -0.39 is 6.04 Å². The number of amides is 2. The second-order valence-corrected chi connectivity index (χ2v) is 9.05. The Labute approximate surface area is 202 Å². The maximum atomic E-state index is 13.3. The van der Waals surface area contributed by atoms with Crippen LogP contribution in [0, 0.1) is 0 Å². The maximum Gasteiger partial charge on any atom is 0.243 e. The number of hydrogen-bond donors (Lipinski definition) is 1. The number of carbonyl (C=O) groups is 2. The normalized spacial score (nSPS) is 15.0. The number of carbonyl (C=O) groups excluding carboxylic acids is 2. The highest BCUT2D eigenvalue weighted by molar-refractivity contribution is 6.31. The molecule has 1 saturated carbocycles. The summed E-state index contributed by atoms with van der Waals surface area (Å²) < 4.78 is 5.74. The van der Waals surface area contributed by atoms with Crippen LogP contribution in [0.1, 0.15) is 63.9 Å². The Balaban J connectivity index is 1.66. The predicted molar refractivity (Wildman–Crippen MR) is 132 cm³/mol. The molecule has 6 heteroatoms. The van der Waals surface area contributed by atoms with E-state index in [-0.39, 0.29) is 17.9 Å². The van der Waals surface area contributed by atoms with Crippen LogP contribution in [-0.4, -0.2) is 35.4 Å². The molecular weight excluding hydrogens is 436 g/mol. The molecule has 1 atom stereocenters. The summed E-state index contributed by atoms with van der Waals surface area (Å²) in [6, 6.07) is 16.7. The Morgan fingerprint density at radius 3 is 2.45 bits per heavy atom. The molecule has 178 valence electrons. The van der Waals surface area contributed by atoms with Crippen molar-refractivity contribution in [2.45, 2.75) is 76.9 Å². The average molecular weight is 471 g/mol. The topological polar surface area (TPSA) is 58.6 Å². The van der Waals surface area contributed by atoms with E-state index in [4.69, 9.17) is 16.3 Å². The van der Waals surface area contributed by atoms with E-state index in [9.17, 15) is 9.59 Å². The van der Waals surface area contributed by atoms with Crippen molar-refractivity contribution < 1.29 is 14.3 Å². The molecular formula is C27H35ClN2O3. The summed E-state index contributed by atoms with van der Waals surface area (Å²) in [5, 5.41) is 3.81. The lowest BCUT2D eigenvalue weighted by Crippen LogP contribution is -2.51. The van der Waals surface area contributed by atoms with E-state index >= 15 is 0 Å². The van der Waals surface area contributed by atoms with Gasteiger partial charge in [-0.1, -0.05) is 74.2 Å². The fraction of sp³-hybridized carbons (Fsp3) is 0.481. The number of nitrogens with zero attached hydrogens (tertiary/aromatic N) is 1. The van der Waals surface area contributed by atoms with Crippen LogP contribution in [0.2, 0.25) is 5.02 Å². The quantitative estimate of drug-likeness (QED) is 0.425. The SMILES string of the molecule is CCC(C(=O)NC1CCCCC1)N(Cc1ccccc1Cl)C(=O)CCCOc1ccccc1. The van der Waals surface area contributed by atoms with Gasteiger partial charge in [0.15, 0.2) is 0 Å². The van der Waals surface area contributed by atoms with Gasteiger partial charge in [0, 0.05) is 24.0 Å². The van der Waals surface area contributed by atoms with Gasteiger partial charge in [0.2, 0.25) is 11.8 Å². The molecule has 0 aliphatic heterocycles. The molecule has 5 nitrogen and oxygen atoms in total. The van der Waals surface area contributed by atoms with Gasteiger partial charge in [-0.15, -0.1) is 0 Å². The molecule has 2 amide bonds. The lowest BCUT2D eigenvalue weighted by atomic mass is 9.95. The van der Waals surface area contributed by atoms with Gasteiger partial charge in [-0.2, -0.15) is 0 Å². The number of para-hydroxylation sites is 1. The summed E-state index contributed by atoms with van der Waals surface area (Å²) in [4.78, 5) is 28.2. The number of halogens is 1. The molecule has 2 aromatic rings. The minimum absolute atomic E-state index is 0.0581. The number of ether oxygens (including phenoxy) is 1. The predicted octanol–water partition coefficient (Wildman–Crippen LogP) is 5.76. The zero-order valence-electron chi connectivity index (χ0n) is 19.5. The second kappa shape index (κ2) is 13.2. The van der Waals surface area contributed by atoms with Crippen molar-refractivity contribution in [1.29, 1.82) is 0 Å². The van der Waals surface area contributed by atoms with Crippen LogP contribution in [0.5, 0.6) is 5.75 Å². The second-order valence-electron chi connectivity index (χ2n) is 8.65. The molecule has 1 unspecified atom stereocenters. The highest BCUT2D eigenvalue weighted by Gasteiger charge is 2.30. The van der Waals surface area contributed by atoms with E-state index in [2.05, 4.69) is 5.32 Å². The van der Waals surface area contributed by atoms with Gasteiger partial charge in [-0.3, -0.25) is 9.59 Å². The van der Waals surface area contributed by atoms with Crippen LogP contribution in [-0.2, 0) is 16.1 Å². The fourth-order valence-electron chi connectivity index (χ4n) is 4.35. The third kappa shape index (κ3) is 7.78. The summed E-state index contributed by atoms with van der Waals surface area (Å²) in [6.07, 6.45) is 6.98. The van der Waals surface area contributed by atoms with E-state index in [0.717, 1.165) is 37.0 Å². The summed E-state index contributed by atoms with van der Waals surface area (Å²) in [5.41, 5.74) is 0.844. The van der Waals surface area contributed by atoms with E-state index in [1.54, 1.807) is 4.90 Å². The van der Waals surface area contributed by atoms with Crippen LogP contribution >= 0.6 is 11.6 Å². The monoisotopic (exact) mass is 470 g/mol. The first-order valence-electron chi connectivity index (χ1n) is 12.1. The molecule has 0 radical (unpaired) electrons. The van der Waals surface area contributed by atoms with Crippen LogP contribution in [0.15, 0.2) is 54.6 Å². The fourth-order valence-corrected chi connectivity index (χ4v) is 4.54. The van der Waals surface area contributed by atoms with Crippen molar-refractivity contribution in [3.8, 4) is 5.75 Å². The molecule has 3 rings (SSSR count). The minimum atomic E-state index is -0.522. The van der Waals surface area contributed by atoms with Crippen LogP contribution in [0.25, 0.3) is 0 Å². The van der Waals surface area contributed by atoms with Gasteiger partial charge in [0.25, 0.3) is 0 Å². The highest BCUT2D eigenvalue weighted by Crippen LogP contribution is 2.22. The molecule has 1 N–H and O–H groups in total. The summed E-state index contributed by atoms with van der Waals surface area (Å²) >= 11 is 6.39. The first-order valence-corrected chi connectivity index (χ1v) is 12.5. The maximum absolute atomic E-state index is 13.3. The van der Waals surface area contributed by atoms with Crippen LogP contribution in [0.3, 0.4) is 0 Å². The molecule has 0 bridgehead atoms. The van der Waals surface area contributed by atoms with Crippen LogP contribution < -0.4 is 10.1 Å². The Hall–Kier alpha value is -2.53. The molecule has 33 heavy (non-hydrogen) atoms. The Kier molecular flexibility index (Phi) is 10.1. The number of benzene rings is 2. The van der Waals surface area contributed by atoms with Gasteiger partial charge < -0.3 is 15.0 Å². The lowest BCUT2D eigenvalue weighted by Gasteiger charge is -2.33. The Morgan fingerprint density at radius 2 is 1.76 bits per heavy atom. The minimum Gasteiger partial charge on any atom is -0.494 e. The average Bonchev–Trinajstić information content (AvgIpc) is 2.84. The van der Waals surface area contributed by atoms with Gasteiger partial charge in [-0.25, -0.2) is 0 Å². The number of rotatable bonds is 11. The first kappa shape index (κ1) is 25.1. The number of hydrogen-bond acceptors (Lipinski definition) is 3. The summed E-state index contributed by atoms with van der Waals surface area (Å²) in [7, 11) is 0. The van der Waals surface area contributed by atoms with Crippen molar-refractivity contribution in [1.82, 2.24) is 10.2 Å². The highest BCUT2D eigenvalue weighted by atomic mass is 35.5. The number of nitrogens with one attached hydrogen (secondary N) is 1. The molecule has 0 aromatic heterocycles. The van der Waals surface area contributed by atoms with E-state index in [1.165, 1.54) is 6.42 Å². The third-order valence-electron chi connectivity index (χ3n) is 6.18.